The third-order valence-corrected chi connectivity index (χ3v) is 3.56. The van der Waals surface area contributed by atoms with Crippen molar-refractivity contribution in [3.05, 3.63) is 35.6 Å². The number of rotatable bonds is 3. The summed E-state index contributed by atoms with van der Waals surface area (Å²) in [5.41, 5.74) is 0.721. The quantitative estimate of drug-likeness (QED) is 0.919. The largest absolute Gasteiger partial charge is 0.338 e. The van der Waals surface area contributed by atoms with Gasteiger partial charge in [-0.15, -0.1) is 0 Å². The maximum Gasteiger partial charge on any atom is 0.317 e. The number of nitrogens with zero attached hydrogens (tertiary/aromatic N) is 2. The van der Waals surface area contributed by atoms with Gasteiger partial charge < -0.3 is 10.2 Å². The van der Waals surface area contributed by atoms with Gasteiger partial charge in [0, 0.05) is 44.8 Å². The molecule has 1 heterocycles. The summed E-state index contributed by atoms with van der Waals surface area (Å²) in [5, 5.41) is 2.83. The topological polar surface area (TPSA) is 35.6 Å². The highest BCUT2D eigenvalue weighted by Gasteiger charge is 2.19. The first-order chi connectivity index (χ1) is 9.70. The second-order valence-electron chi connectivity index (χ2n) is 5.04. The fourth-order valence-electron chi connectivity index (χ4n) is 2.46. The van der Waals surface area contributed by atoms with Gasteiger partial charge in [-0.2, -0.15) is 0 Å². The summed E-state index contributed by atoms with van der Waals surface area (Å²) in [6, 6.07) is 6.88. The fraction of sp³-hybridized carbons (Fsp3) is 0.533. The number of carbonyl (C=O) groups is 1. The highest BCUT2D eigenvalue weighted by Crippen LogP contribution is 2.12. The molecule has 0 saturated carbocycles. The van der Waals surface area contributed by atoms with Crippen molar-refractivity contribution < 1.29 is 9.18 Å². The Hall–Kier alpha value is -1.62. The Labute approximate surface area is 119 Å². The van der Waals surface area contributed by atoms with Crippen LogP contribution in [0.1, 0.15) is 18.9 Å². The van der Waals surface area contributed by atoms with Gasteiger partial charge in [-0.25, -0.2) is 9.18 Å². The molecule has 1 aromatic rings. The summed E-state index contributed by atoms with van der Waals surface area (Å²) in [5.74, 6) is -0.155. The number of amides is 2. The molecule has 0 bridgehead atoms. The van der Waals surface area contributed by atoms with Gasteiger partial charge in [-0.1, -0.05) is 18.2 Å². The maximum atomic E-state index is 13.7. The molecule has 0 spiro atoms. The SMILES string of the molecule is CCNC(=O)N1CCCN(Cc2ccccc2F)CC1. The van der Waals surface area contributed by atoms with Crippen molar-refractivity contribution in [2.75, 3.05) is 32.7 Å². The normalized spacial score (nSPS) is 16.8. The second-order valence-corrected chi connectivity index (χ2v) is 5.04. The zero-order chi connectivity index (χ0) is 14.4. The lowest BCUT2D eigenvalue weighted by Gasteiger charge is -2.22. The van der Waals surface area contributed by atoms with Gasteiger partial charge in [0.1, 0.15) is 5.82 Å². The van der Waals surface area contributed by atoms with Crippen molar-refractivity contribution in [1.29, 1.82) is 0 Å². The standard InChI is InChI=1S/C15H22FN3O/c1-2-17-15(20)19-9-5-8-18(10-11-19)12-13-6-3-4-7-14(13)16/h3-4,6-7H,2,5,8-12H2,1H3,(H,17,20). The van der Waals surface area contributed by atoms with E-state index >= 15 is 0 Å². The van der Waals surface area contributed by atoms with Crippen LogP contribution in [0.5, 0.6) is 0 Å². The first kappa shape index (κ1) is 14.8. The molecule has 1 aromatic carbocycles. The van der Waals surface area contributed by atoms with Crippen molar-refractivity contribution in [3.8, 4) is 0 Å². The van der Waals surface area contributed by atoms with Crippen molar-refractivity contribution in [2.45, 2.75) is 19.9 Å². The van der Waals surface area contributed by atoms with Gasteiger partial charge in [0.2, 0.25) is 0 Å². The Bertz CT molecular complexity index is 452. The molecule has 1 aliphatic heterocycles. The third kappa shape index (κ3) is 3.93. The van der Waals surface area contributed by atoms with Crippen LogP contribution in [0, 0.1) is 5.82 Å². The molecule has 1 aliphatic rings. The lowest BCUT2D eigenvalue weighted by Crippen LogP contribution is -2.41. The van der Waals surface area contributed by atoms with Crippen LogP contribution in [0.3, 0.4) is 0 Å². The molecule has 0 aliphatic carbocycles. The molecule has 0 aromatic heterocycles. The van der Waals surface area contributed by atoms with E-state index in [9.17, 15) is 9.18 Å². The first-order valence-corrected chi connectivity index (χ1v) is 7.19. The average molecular weight is 279 g/mol. The Morgan fingerprint density at radius 3 is 2.80 bits per heavy atom. The van der Waals surface area contributed by atoms with Crippen LogP contribution < -0.4 is 5.32 Å². The van der Waals surface area contributed by atoms with E-state index in [1.165, 1.54) is 6.07 Å². The number of hydrogen-bond donors (Lipinski definition) is 1. The molecule has 1 fully saturated rings. The molecule has 1 saturated heterocycles. The van der Waals surface area contributed by atoms with E-state index in [1.807, 2.05) is 24.0 Å². The summed E-state index contributed by atoms with van der Waals surface area (Å²) >= 11 is 0. The van der Waals surface area contributed by atoms with Gasteiger partial charge in [0.05, 0.1) is 0 Å². The molecule has 2 rings (SSSR count). The highest BCUT2D eigenvalue weighted by molar-refractivity contribution is 5.74. The molecule has 5 heteroatoms. The van der Waals surface area contributed by atoms with Gasteiger partial charge in [0.25, 0.3) is 0 Å². The Kier molecular flexibility index (Phi) is 5.35. The lowest BCUT2D eigenvalue weighted by atomic mass is 10.2. The number of urea groups is 1. The molecule has 0 atom stereocenters. The minimum Gasteiger partial charge on any atom is -0.338 e. The van der Waals surface area contributed by atoms with Gasteiger partial charge in [-0.3, -0.25) is 4.90 Å². The molecule has 0 unspecified atom stereocenters. The summed E-state index contributed by atoms with van der Waals surface area (Å²) in [7, 11) is 0. The number of carbonyl (C=O) groups excluding carboxylic acids is 1. The fourth-order valence-corrected chi connectivity index (χ4v) is 2.46. The molecular weight excluding hydrogens is 257 g/mol. The van der Waals surface area contributed by atoms with Crippen LogP contribution in [0.25, 0.3) is 0 Å². The van der Waals surface area contributed by atoms with Crippen LogP contribution in [0.4, 0.5) is 9.18 Å². The Balaban J connectivity index is 1.90. The number of benzene rings is 1. The third-order valence-electron chi connectivity index (χ3n) is 3.56. The Morgan fingerprint density at radius 2 is 2.05 bits per heavy atom. The summed E-state index contributed by atoms with van der Waals surface area (Å²) in [4.78, 5) is 15.9. The van der Waals surface area contributed by atoms with E-state index in [1.54, 1.807) is 6.07 Å². The van der Waals surface area contributed by atoms with Crippen LogP contribution in [-0.4, -0.2) is 48.6 Å². The van der Waals surface area contributed by atoms with Crippen molar-refractivity contribution >= 4 is 6.03 Å². The second kappa shape index (κ2) is 7.24. The van der Waals surface area contributed by atoms with Crippen molar-refractivity contribution in [1.82, 2.24) is 15.1 Å². The van der Waals surface area contributed by atoms with E-state index in [4.69, 9.17) is 0 Å². The molecule has 2 amide bonds. The average Bonchev–Trinajstić information content (AvgIpc) is 2.67. The molecular formula is C15H22FN3O. The van der Waals surface area contributed by atoms with E-state index in [2.05, 4.69) is 10.2 Å². The number of nitrogens with one attached hydrogen (secondary N) is 1. The summed E-state index contributed by atoms with van der Waals surface area (Å²) in [6.07, 6.45) is 0.922. The van der Waals surface area contributed by atoms with E-state index < -0.39 is 0 Å². The minimum atomic E-state index is -0.155. The van der Waals surface area contributed by atoms with Crippen LogP contribution in [-0.2, 0) is 6.54 Å². The molecule has 1 N–H and O–H groups in total. The smallest absolute Gasteiger partial charge is 0.317 e. The first-order valence-electron chi connectivity index (χ1n) is 7.19. The molecule has 20 heavy (non-hydrogen) atoms. The number of halogens is 1. The monoisotopic (exact) mass is 279 g/mol. The van der Waals surface area contributed by atoms with Gasteiger partial charge >= 0.3 is 6.03 Å². The van der Waals surface area contributed by atoms with Gasteiger partial charge in [0.15, 0.2) is 0 Å². The van der Waals surface area contributed by atoms with Gasteiger partial charge in [-0.05, 0) is 19.4 Å². The summed E-state index contributed by atoms with van der Waals surface area (Å²) < 4.78 is 13.7. The minimum absolute atomic E-state index is 0.000224. The zero-order valence-corrected chi connectivity index (χ0v) is 11.9. The molecule has 0 radical (unpaired) electrons. The summed E-state index contributed by atoms with van der Waals surface area (Å²) in [6.45, 7) is 6.31. The zero-order valence-electron chi connectivity index (χ0n) is 11.9. The molecule has 4 nitrogen and oxygen atoms in total. The maximum absolute atomic E-state index is 13.7. The highest BCUT2D eigenvalue weighted by atomic mass is 19.1. The van der Waals surface area contributed by atoms with Crippen molar-refractivity contribution in [2.24, 2.45) is 0 Å². The van der Waals surface area contributed by atoms with Crippen LogP contribution in [0.15, 0.2) is 24.3 Å². The van der Waals surface area contributed by atoms with Crippen LogP contribution >= 0.6 is 0 Å². The predicted octanol–water partition coefficient (Wildman–Crippen LogP) is 2.06. The van der Waals surface area contributed by atoms with E-state index in [-0.39, 0.29) is 11.8 Å². The predicted molar refractivity (Wildman–Crippen MR) is 76.9 cm³/mol. The van der Waals surface area contributed by atoms with E-state index in [0.717, 1.165) is 31.6 Å². The lowest BCUT2D eigenvalue weighted by molar-refractivity contribution is 0.198. The molecule has 110 valence electrons. The van der Waals surface area contributed by atoms with Crippen LogP contribution in [0.2, 0.25) is 0 Å². The van der Waals surface area contributed by atoms with E-state index in [0.29, 0.717) is 19.6 Å². The van der Waals surface area contributed by atoms with Crippen molar-refractivity contribution in [3.63, 3.8) is 0 Å². The Morgan fingerprint density at radius 1 is 1.25 bits per heavy atom. The number of hydrogen-bond acceptors (Lipinski definition) is 2.